The van der Waals surface area contributed by atoms with Gasteiger partial charge in [0.25, 0.3) is 0 Å². The van der Waals surface area contributed by atoms with Crippen molar-refractivity contribution in [1.29, 1.82) is 0 Å². The second-order valence-corrected chi connectivity index (χ2v) is 4.14. The molecule has 0 saturated heterocycles. The highest BCUT2D eigenvalue weighted by Gasteiger charge is 2.07. The Labute approximate surface area is 101 Å². The summed E-state index contributed by atoms with van der Waals surface area (Å²) in [6.07, 6.45) is 3.73. The minimum absolute atomic E-state index is 0.0376. The van der Waals surface area contributed by atoms with Crippen LogP contribution in [-0.2, 0) is 11.3 Å². The highest BCUT2D eigenvalue weighted by Crippen LogP contribution is 2.04. The van der Waals surface area contributed by atoms with Crippen LogP contribution in [0, 0.1) is 5.92 Å². The minimum Gasteiger partial charge on any atom is -0.476 e. The van der Waals surface area contributed by atoms with E-state index >= 15 is 0 Å². The molecule has 0 aromatic carbocycles. The van der Waals surface area contributed by atoms with Crippen molar-refractivity contribution >= 4 is 5.97 Å². The quantitative estimate of drug-likeness (QED) is 0.697. The summed E-state index contributed by atoms with van der Waals surface area (Å²) in [5, 5.41) is 15.9. The van der Waals surface area contributed by atoms with Crippen molar-refractivity contribution in [3.8, 4) is 0 Å². The van der Waals surface area contributed by atoms with Crippen molar-refractivity contribution in [2.45, 2.75) is 33.2 Å². The third kappa shape index (κ3) is 4.95. The largest absolute Gasteiger partial charge is 0.476 e. The van der Waals surface area contributed by atoms with Gasteiger partial charge < -0.3 is 9.84 Å². The van der Waals surface area contributed by atoms with Gasteiger partial charge >= 0.3 is 5.97 Å². The number of rotatable bonds is 8. The Hall–Kier alpha value is -1.43. The second kappa shape index (κ2) is 7.01. The summed E-state index contributed by atoms with van der Waals surface area (Å²) in [5.74, 6) is -0.501. The number of carbonyl (C=O) groups is 1. The van der Waals surface area contributed by atoms with Crippen LogP contribution in [0.2, 0.25) is 0 Å². The van der Waals surface area contributed by atoms with E-state index in [4.69, 9.17) is 9.84 Å². The summed E-state index contributed by atoms with van der Waals surface area (Å²) < 4.78 is 6.97. The highest BCUT2D eigenvalue weighted by molar-refractivity contribution is 5.84. The summed E-state index contributed by atoms with van der Waals surface area (Å²) in [6.45, 7) is 6.09. The van der Waals surface area contributed by atoms with Crippen LogP contribution in [0.25, 0.3) is 0 Å². The first-order chi connectivity index (χ1) is 8.13. The Kier molecular flexibility index (Phi) is 5.62. The van der Waals surface area contributed by atoms with Crippen molar-refractivity contribution in [2.75, 3.05) is 13.2 Å². The molecule has 1 aromatic heterocycles. The molecular weight excluding hydrogens is 222 g/mol. The maximum absolute atomic E-state index is 10.6. The first kappa shape index (κ1) is 13.6. The van der Waals surface area contributed by atoms with Crippen LogP contribution in [0.5, 0.6) is 0 Å². The van der Waals surface area contributed by atoms with E-state index in [1.807, 2.05) is 0 Å². The van der Waals surface area contributed by atoms with Crippen LogP contribution in [0.15, 0.2) is 6.20 Å². The molecule has 0 amide bonds. The zero-order valence-corrected chi connectivity index (χ0v) is 10.3. The number of carboxylic acid groups (broad SMARTS) is 1. The Morgan fingerprint density at radius 3 is 3.00 bits per heavy atom. The van der Waals surface area contributed by atoms with E-state index in [9.17, 15) is 4.79 Å². The molecular formula is C11H19N3O3. The van der Waals surface area contributed by atoms with Crippen LogP contribution >= 0.6 is 0 Å². The Morgan fingerprint density at radius 2 is 2.41 bits per heavy atom. The Morgan fingerprint density at radius 1 is 1.65 bits per heavy atom. The Balaban J connectivity index is 2.19. The fraction of sp³-hybridized carbons (Fsp3) is 0.727. The molecule has 1 aromatic rings. The fourth-order valence-corrected chi connectivity index (χ4v) is 1.52. The lowest BCUT2D eigenvalue weighted by atomic mass is 10.1. The summed E-state index contributed by atoms with van der Waals surface area (Å²) in [4.78, 5) is 10.6. The zero-order valence-electron chi connectivity index (χ0n) is 10.3. The zero-order chi connectivity index (χ0) is 12.7. The van der Waals surface area contributed by atoms with E-state index in [0.717, 1.165) is 19.4 Å². The molecule has 0 radical (unpaired) electrons. The van der Waals surface area contributed by atoms with Gasteiger partial charge in [-0.3, -0.25) is 0 Å². The lowest BCUT2D eigenvalue weighted by Crippen LogP contribution is -2.11. The summed E-state index contributed by atoms with van der Waals surface area (Å²) in [6, 6.07) is 0. The van der Waals surface area contributed by atoms with Crippen LogP contribution < -0.4 is 0 Å². The summed E-state index contributed by atoms with van der Waals surface area (Å²) in [7, 11) is 0. The molecule has 1 heterocycles. The molecule has 1 unspecified atom stereocenters. The van der Waals surface area contributed by atoms with Gasteiger partial charge in [0.1, 0.15) is 0 Å². The molecule has 6 heteroatoms. The molecule has 0 aliphatic carbocycles. The van der Waals surface area contributed by atoms with Crippen LogP contribution in [0.4, 0.5) is 0 Å². The standard InChI is InChI=1S/C11H19N3O3/c1-3-4-9(2)8-17-6-5-14-7-10(11(15)16)12-13-14/h7,9H,3-6,8H2,1-2H3,(H,15,16). The third-order valence-corrected chi connectivity index (χ3v) is 2.41. The molecule has 6 nitrogen and oxygen atoms in total. The fourth-order valence-electron chi connectivity index (χ4n) is 1.52. The van der Waals surface area contributed by atoms with E-state index in [-0.39, 0.29) is 5.69 Å². The van der Waals surface area contributed by atoms with Gasteiger partial charge in [-0.25, -0.2) is 9.48 Å². The molecule has 96 valence electrons. The van der Waals surface area contributed by atoms with Gasteiger partial charge in [0.2, 0.25) is 0 Å². The number of hydrogen-bond donors (Lipinski definition) is 1. The molecule has 17 heavy (non-hydrogen) atoms. The first-order valence-electron chi connectivity index (χ1n) is 5.84. The van der Waals surface area contributed by atoms with E-state index in [1.165, 1.54) is 10.9 Å². The van der Waals surface area contributed by atoms with Crippen LogP contribution in [0.1, 0.15) is 37.2 Å². The highest BCUT2D eigenvalue weighted by atomic mass is 16.5. The van der Waals surface area contributed by atoms with Crippen LogP contribution in [-0.4, -0.2) is 39.3 Å². The van der Waals surface area contributed by atoms with Crippen molar-refractivity contribution in [3.63, 3.8) is 0 Å². The van der Waals surface area contributed by atoms with Gasteiger partial charge in [-0.05, 0) is 12.3 Å². The summed E-state index contributed by atoms with van der Waals surface area (Å²) in [5.41, 5.74) is -0.0376. The monoisotopic (exact) mass is 241 g/mol. The van der Waals surface area contributed by atoms with Crippen molar-refractivity contribution in [3.05, 3.63) is 11.9 Å². The maximum atomic E-state index is 10.6. The topological polar surface area (TPSA) is 77.2 Å². The van der Waals surface area contributed by atoms with Gasteiger partial charge in [-0.1, -0.05) is 25.5 Å². The normalized spacial score (nSPS) is 12.6. The van der Waals surface area contributed by atoms with E-state index in [2.05, 4.69) is 24.2 Å². The first-order valence-corrected chi connectivity index (χ1v) is 5.84. The smallest absolute Gasteiger partial charge is 0.358 e. The third-order valence-electron chi connectivity index (χ3n) is 2.41. The lowest BCUT2D eigenvalue weighted by molar-refractivity contribution is 0.0690. The van der Waals surface area contributed by atoms with Gasteiger partial charge in [0.05, 0.1) is 19.3 Å². The van der Waals surface area contributed by atoms with Gasteiger partial charge in [-0.2, -0.15) is 0 Å². The van der Waals surface area contributed by atoms with E-state index in [0.29, 0.717) is 19.1 Å². The van der Waals surface area contributed by atoms with Crippen LogP contribution in [0.3, 0.4) is 0 Å². The molecule has 1 atom stereocenters. The second-order valence-electron chi connectivity index (χ2n) is 4.14. The lowest BCUT2D eigenvalue weighted by Gasteiger charge is -2.10. The number of hydrogen-bond acceptors (Lipinski definition) is 4. The Bertz CT molecular complexity index is 351. The van der Waals surface area contributed by atoms with Gasteiger partial charge in [0.15, 0.2) is 5.69 Å². The van der Waals surface area contributed by atoms with E-state index in [1.54, 1.807) is 0 Å². The predicted molar refractivity (Wildman–Crippen MR) is 61.9 cm³/mol. The molecule has 0 saturated carbocycles. The van der Waals surface area contributed by atoms with Crippen molar-refractivity contribution in [1.82, 2.24) is 15.0 Å². The maximum Gasteiger partial charge on any atom is 0.358 e. The molecule has 0 bridgehead atoms. The molecule has 0 aliphatic heterocycles. The SMILES string of the molecule is CCCC(C)COCCn1cc(C(=O)O)nn1. The predicted octanol–water partition coefficient (Wildman–Crippen LogP) is 1.43. The number of carboxylic acids is 1. The van der Waals surface area contributed by atoms with Crippen molar-refractivity contribution in [2.24, 2.45) is 5.92 Å². The molecule has 1 N–H and O–H groups in total. The number of aromatic nitrogens is 3. The molecule has 0 aliphatic rings. The number of aromatic carboxylic acids is 1. The van der Waals surface area contributed by atoms with E-state index < -0.39 is 5.97 Å². The summed E-state index contributed by atoms with van der Waals surface area (Å²) >= 11 is 0. The number of nitrogens with zero attached hydrogens (tertiary/aromatic N) is 3. The van der Waals surface area contributed by atoms with Gasteiger partial charge in [0, 0.05) is 6.61 Å². The molecule has 0 fully saturated rings. The van der Waals surface area contributed by atoms with Gasteiger partial charge in [-0.15, -0.1) is 5.10 Å². The molecule has 0 spiro atoms. The molecule has 1 rings (SSSR count). The van der Waals surface area contributed by atoms with Crippen molar-refractivity contribution < 1.29 is 14.6 Å². The number of ether oxygens (including phenoxy) is 1. The average molecular weight is 241 g/mol. The minimum atomic E-state index is -1.06. The average Bonchev–Trinajstić information content (AvgIpc) is 2.73.